The fourth-order valence-electron chi connectivity index (χ4n) is 0.669. The average molecular weight is 232 g/mol. The largest absolute Gasteiger partial charge is 0.449 e. The molecule has 0 saturated carbocycles. The summed E-state index contributed by atoms with van der Waals surface area (Å²) in [7, 11) is 0. The zero-order valence-electron chi connectivity index (χ0n) is 7.98. The van der Waals surface area contributed by atoms with Crippen LogP contribution in [0.1, 0.15) is 17.2 Å². The molecule has 0 amide bonds. The zero-order chi connectivity index (χ0) is 10.1. The van der Waals surface area contributed by atoms with Gasteiger partial charge in [-0.05, 0) is 0 Å². The first-order valence-corrected chi connectivity index (χ1v) is 2.96. The molecule has 0 unspecified atom stereocenters. The summed E-state index contributed by atoms with van der Waals surface area (Å²) in [5.74, 6) is -1.33. The van der Waals surface area contributed by atoms with E-state index < -0.39 is 23.4 Å². The van der Waals surface area contributed by atoms with Crippen molar-refractivity contribution in [2.75, 3.05) is 0 Å². The van der Waals surface area contributed by atoms with Crippen LogP contribution in [-0.2, 0) is 6.18 Å². The number of H-pyrrole nitrogens is 1. The van der Waals surface area contributed by atoms with Crippen LogP contribution < -0.4 is 0 Å². The molecule has 0 fully saturated rings. The van der Waals surface area contributed by atoms with E-state index in [-0.39, 0.29) is 59.1 Å². The number of halogens is 3. The van der Waals surface area contributed by atoms with Crippen LogP contribution in [0.2, 0.25) is 0 Å². The van der Waals surface area contributed by atoms with Gasteiger partial charge in [-0.2, -0.15) is 23.7 Å². The third-order valence-electron chi connectivity index (χ3n) is 1.19. The van der Waals surface area contributed by atoms with Gasteiger partial charge in [0.05, 0.1) is 0 Å². The molecule has 0 aromatic carbocycles. The number of nitrogens with zero attached hydrogens (tertiary/aromatic N) is 3. The minimum atomic E-state index is -4.67. The molecule has 0 spiro atoms. The van der Waals surface area contributed by atoms with E-state index in [4.69, 9.17) is 10.5 Å². The van der Waals surface area contributed by atoms with Crippen molar-refractivity contribution >= 4 is 59.1 Å². The van der Waals surface area contributed by atoms with Crippen molar-refractivity contribution in [1.82, 2.24) is 9.97 Å². The third kappa shape index (κ3) is 4.15. The maximum Gasteiger partial charge on any atom is 0.449 e. The first-order chi connectivity index (χ1) is 5.99. The summed E-state index contributed by atoms with van der Waals surface area (Å²) >= 11 is 0. The second-order valence-electron chi connectivity index (χ2n) is 2.03. The van der Waals surface area contributed by atoms with Gasteiger partial charge in [0.2, 0.25) is 5.82 Å². The van der Waals surface area contributed by atoms with Crippen LogP contribution in [0, 0.1) is 22.7 Å². The summed E-state index contributed by atoms with van der Waals surface area (Å²) in [6.45, 7) is 0. The van der Waals surface area contributed by atoms with Crippen molar-refractivity contribution in [3.8, 4) is 12.1 Å². The summed E-state index contributed by atoms with van der Waals surface area (Å²) in [6.07, 6.45) is -4.67. The Morgan fingerprint density at radius 3 is 1.93 bits per heavy atom. The number of rotatable bonds is 0. The van der Waals surface area contributed by atoms with Gasteiger partial charge < -0.3 is 4.98 Å². The van der Waals surface area contributed by atoms with Gasteiger partial charge >= 0.3 is 6.18 Å². The Kier molecular flexibility index (Phi) is 7.57. The molecule has 0 aliphatic carbocycles. The zero-order valence-corrected chi connectivity index (χ0v) is 12.0. The van der Waals surface area contributed by atoms with Crippen LogP contribution in [0.15, 0.2) is 0 Å². The van der Waals surface area contributed by atoms with Gasteiger partial charge in [0.1, 0.15) is 12.1 Å². The Hall–Kier alpha value is -0.0200. The third-order valence-corrected chi connectivity index (χ3v) is 1.19. The molecule has 1 aromatic heterocycles. The Morgan fingerprint density at radius 2 is 1.67 bits per heavy atom. The van der Waals surface area contributed by atoms with Crippen LogP contribution in [0.3, 0.4) is 0 Å². The molecule has 9 heteroatoms. The summed E-state index contributed by atoms with van der Waals surface area (Å²) < 4.78 is 35.8. The Morgan fingerprint density at radius 1 is 1.13 bits per heavy atom. The normalized spacial score (nSPS) is 9.13. The van der Waals surface area contributed by atoms with Gasteiger partial charge in [-0.25, -0.2) is 4.98 Å². The maximum absolute atomic E-state index is 11.9. The number of aromatic nitrogens is 2. The van der Waals surface area contributed by atoms with E-state index in [1.165, 1.54) is 12.1 Å². The number of aromatic amines is 1. The van der Waals surface area contributed by atoms with Gasteiger partial charge in [0.25, 0.3) is 0 Å². The average Bonchev–Trinajstić information content (AvgIpc) is 2.45. The van der Waals surface area contributed by atoms with Gasteiger partial charge in [-0.3, -0.25) is 0 Å². The van der Waals surface area contributed by atoms with E-state index in [1.54, 1.807) is 4.98 Å². The van der Waals surface area contributed by atoms with Crippen molar-refractivity contribution in [3.63, 3.8) is 0 Å². The molecule has 0 atom stereocenters. The summed E-state index contributed by atoms with van der Waals surface area (Å²) in [5, 5.41) is 16.6. The molecule has 68 valence electrons. The fourth-order valence-corrected chi connectivity index (χ4v) is 0.669. The second-order valence-corrected chi connectivity index (χ2v) is 2.03. The molecule has 0 saturated heterocycles. The monoisotopic (exact) mass is 232 g/mol. The summed E-state index contributed by atoms with van der Waals surface area (Å²) in [6, 6.07) is 2.77. The quantitative estimate of drug-likeness (QED) is 0.658. The number of nitrogens with one attached hydrogen (secondary N) is 1. The molecular weight excluding hydrogens is 231 g/mol. The first kappa shape index (κ1) is 17.4. The van der Waals surface area contributed by atoms with Crippen molar-refractivity contribution < 1.29 is 13.2 Å². The molecule has 0 bridgehead atoms. The minimum absolute atomic E-state index is 0. The molecule has 1 heterocycles. The van der Waals surface area contributed by atoms with E-state index in [0.717, 1.165) is 0 Å². The number of hydrogen-bond donors (Lipinski definition) is 1. The first-order valence-electron chi connectivity index (χ1n) is 2.96. The van der Waals surface area contributed by atoms with E-state index >= 15 is 0 Å². The fraction of sp³-hybridized carbons (Fsp3) is 0.167. The van der Waals surface area contributed by atoms with Crippen molar-refractivity contribution in [3.05, 3.63) is 17.2 Å². The molecule has 0 aliphatic heterocycles. The Labute approximate surface area is 127 Å². The van der Waals surface area contributed by atoms with Gasteiger partial charge in [0.15, 0.2) is 11.4 Å². The van der Waals surface area contributed by atoms with Crippen LogP contribution in [0.25, 0.3) is 0 Å². The number of imidazole rings is 1. The molecule has 1 aromatic rings. The predicted octanol–water partition coefficient (Wildman–Crippen LogP) is 0.410. The van der Waals surface area contributed by atoms with Crippen molar-refractivity contribution in [2.24, 2.45) is 0 Å². The SMILES string of the molecule is N#Cc1nc(C(F)(F)F)[nH]c1C#N.[Na].[Na]. The number of alkyl halides is 3. The van der Waals surface area contributed by atoms with Crippen molar-refractivity contribution in [1.29, 1.82) is 10.5 Å². The van der Waals surface area contributed by atoms with Crippen LogP contribution in [0.5, 0.6) is 0 Å². The molecule has 1 rings (SSSR count). The van der Waals surface area contributed by atoms with Crippen LogP contribution in [-0.4, -0.2) is 69.1 Å². The van der Waals surface area contributed by atoms with E-state index in [0.29, 0.717) is 0 Å². The second kappa shape index (κ2) is 6.54. The molecule has 1 N–H and O–H groups in total. The van der Waals surface area contributed by atoms with E-state index in [9.17, 15) is 13.2 Å². The standard InChI is InChI=1S/C6HF3N4.2Na/c7-6(8,9)5-12-3(1-10)4(2-11)13-5;;/h(H,12,13);;. The van der Waals surface area contributed by atoms with Gasteiger partial charge in [-0.1, -0.05) is 0 Å². The van der Waals surface area contributed by atoms with E-state index in [1.807, 2.05) is 0 Å². The summed E-state index contributed by atoms with van der Waals surface area (Å²) in [4.78, 5) is 4.61. The van der Waals surface area contributed by atoms with E-state index in [2.05, 4.69) is 4.98 Å². The minimum Gasteiger partial charge on any atom is -0.325 e. The maximum atomic E-state index is 11.9. The number of nitriles is 2. The molecule has 15 heavy (non-hydrogen) atoms. The molecule has 0 aliphatic rings. The topological polar surface area (TPSA) is 76.3 Å². The predicted molar refractivity (Wildman–Crippen MR) is 44.5 cm³/mol. The van der Waals surface area contributed by atoms with Crippen LogP contribution in [0.4, 0.5) is 13.2 Å². The summed E-state index contributed by atoms with van der Waals surface area (Å²) in [5.41, 5.74) is -1.02. The Bertz CT molecular complexity index is 380. The van der Waals surface area contributed by atoms with Gasteiger partial charge in [-0.15, -0.1) is 0 Å². The Balaban J connectivity index is 0. The molecule has 4 nitrogen and oxygen atoms in total. The molecular formula is C6HF3N4Na2. The van der Waals surface area contributed by atoms with Crippen LogP contribution >= 0.6 is 0 Å². The number of hydrogen-bond acceptors (Lipinski definition) is 3. The molecule has 2 radical (unpaired) electrons. The smallest absolute Gasteiger partial charge is 0.325 e. The van der Waals surface area contributed by atoms with Gasteiger partial charge in [0, 0.05) is 59.1 Å². The van der Waals surface area contributed by atoms with Crippen molar-refractivity contribution in [2.45, 2.75) is 6.18 Å².